The average Bonchev–Trinajstić information content (AvgIpc) is 2.51. The summed E-state index contributed by atoms with van der Waals surface area (Å²) in [4.78, 5) is 13.3. The first kappa shape index (κ1) is 81.5. The van der Waals surface area contributed by atoms with E-state index < -0.39 is 86.8 Å². The molecule has 12 unspecified atom stereocenters. The van der Waals surface area contributed by atoms with Crippen LogP contribution in [0.4, 0.5) is 0 Å². The second kappa shape index (κ2) is 58.2. The Morgan fingerprint density at radius 2 is 0.775 bits per heavy atom. The molecule has 0 bridgehead atoms. The summed E-state index contributed by atoms with van der Waals surface area (Å²) in [5.74, 6) is -0.299. The summed E-state index contributed by atoms with van der Waals surface area (Å²) in [6, 6.07) is -0.957. The highest BCUT2D eigenvalue weighted by Gasteiger charge is 2.51. The van der Waals surface area contributed by atoms with Crippen molar-refractivity contribution in [2.75, 3.05) is 19.8 Å². The SMILES string of the molecule is CC/C=C\C/C=C\C/C=C\C/C=C\C/C=C\C/C=C\C/C=C\C/C=C\C/C=C\CCCC(=O)NC(COC1OC(CO)C(OC2OC(CO)C(O)C(O)C2O)C(O)C1O)C(O)/C=C/CCCCCCCCCCCCCCCCCCCCCCCCCC. The lowest BCUT2D eigenvalue weighted by Gasteiger charge is -2.46. The fourth-order valence-corrected chi connectivity index (χ4v) is 10.8. The standard InChI is InChI=1S/C75H127NO13/c1-3-5-7-9-11-13-15-17-19-21-23-25-27-29-31-32-33-35-37-39-41-43-45-47-49-51-53-55-57-59-67(80)76-63(62-86-74-72(85)70(83)73(66(61-78)88-74)89-75-71(84)69(82)68(81)65(60-77)87-75)64(79)58-56-54-52-50-48-46-44-42-40-38-36-34-30-28-26-24-22-20-18-16-14-12-10-8-6-4-2/h5,7,11,13,17,19,23,25,29,31,33,35,39,41,45,47,51,53,56,58,63-66,68-75,77-79,81-85H,3-4,6,8-10,12,14-16,18,20-22,24,26-28,30,32,34,36-38,40,42-44,46,48-50,52,54-55,57,59-62H2,1-2H3,(H,76,80)/b7-5-,13-11-,19-17-,25-23-,31-29-,35-33-,41-39-,47-45-,53-51-,58-56+. The maximum absolute atomic E-state index is 13.3. The number of aliphatic hydroxyl groups excluding tert-OH is 8. The van der Waals surface area contributed by atoms with Crippen LogP contribution in [0.3, 0.4) is 0 Å². The van der Waals surface area contributed by atoms with Gasteiger partial charge in [-0.2, -0.15) is 0 Å². The number of hydrogen-bond donors (Lipinski definition) is 9. The summed E-state index contributed by atoms with van der Waals surface area (Å²) in [6.07, 6.45) is 68.2. The van der Waals surface area contributed by atoms with Crippen molar-refractivity contribution in [1.29, 1.82) is 0 Å². The number of carbonyl (C=O) groups excluding carboxylic acids is 1. The predicted molar refractivity (Wildman–Crippen MR) is 364 cm³/mol. The summed E-state index contributed by atoms with van der Waals surface area (Å²) in [6.45, 7) is 2.66. The number of nitrogens with one attached hydrogen (secondary N) is 1. The first-order valence-corrected chi connectivity index (χ1v) is 35.3. The van der Waals surface area contributed by atoms with E-state index in [0.717, 1.165) is 83.5 Å². The largest absolute Gasteiger partial charge is 0.394 e. The molecule has 2 rings (SSSR count). The third kappa shape index (κ3) is 42.3. The predicted octanol–water partition coefficient (Wildman–Crippen LogP) is 14.5. The molecule has 9 N–H and O–H groups in total. The Morgan fingerprint density at radius 1 is 0.416 bits per heavy atom. The van der Waals surface area contributed by atoms with Gasteiger partial charge in [-0.05, 0) is 83.5 Å². The summed E-state index contributed by atoms with van der Waals surface area (Å²) in [7, 11) is 0. The van der Waals surface area contributed by atoms with Crippen LogP contribution in [0.15, 0.2) is 122 Å². The molecule has 2 heterocycles. The summed E-state index contributed by atoms with van der Waals surface area (Å²) < 4.78 is 22.8. The molecule has 14 nitrogen and oxygen atoms in total. The van der Waals surface area contributed by atoms with Gasteiger partial charge in [0.1, 0.15) is 48.8 Å². The van der Waals surface area contributed by atoms with E-state index in [9.17, 15) is 45.6 Å². The van der Waals surface area contributed by atoms with E-state index in [1.807, 2.05) is 6.08 Å². The molecule has 2 aliphatic heterocycles. The second-order valence-electron chi connectivity index (χ2n) is 24.3. The number of carbonyl (C=O) groups is 1. The topological polar surface area (TPSA) is 228 Å². The van der Waals surface area contributed by atoms with Crippen LogP contribution in [0, 0.1) is 0 Å². The van der Waals surface area contributed by atoms with Crippen molar-refractivity contribution in [2.45, 2.75) is 325 Å². The van der Waals surface area contributed by atoms with Crippen LogP contribution in [0.2, 0.25) is 0 Å². The Bertz CT molecular complexity index is 1960. The highest BCUT2D eigenvalue weighted by Crippen LogP contribution is 2.30. The Balaban J connectivity index is 1.73. The van der Waals surface area contributed by atoms with Crippen LogP contribution in [0.5, 0.6) is 0 Å². The van der Waals surface area contributed by atoms with Gasteiger partial charge < -0.3 is 65.1 Å². The van der Waals surface area contributed by atoms with E-state index in [1.54, 1.807) is 6.08 Å². The first-order chi connectivity index (χ1) is 43.6. The smallest absolute Gasteiger partial charge is 0.220 e. The van der Waals surface area contributed by atoms with Crippen LogP contribution in [-0.2, 0) is 23.7 Å². The van der Waals surface area contributed by atoms with Gasteiger partial charge in [-0.25, -0.2) is 0 Å². The molecule has 14 heteroatoms. The minimum Gasteiger partial charge on any atom is -0.394 e. The van der Waals surface area contributed by atoms with Crippen LogP contribution < -0.4 is 5.32 Å². The van der Waals surface area contributed by atoms with Crippen LogP contribution in [-0.4, -0.2) is 140 Å². The molecule has 0 saturated carbocycles. The van der Waals surface area contributed by atoms with Crippen molar-refractivity contribution in [3.8, 4) is 0 Å². The third-order valence-corrected chi connectivity index (χ3v) is 16.4. The molecule has 2 fully saturated rings. The van der Waals surface area contributed by atoms with Gasteiger partial charge in [0.05, 0.1) is 32.0 Å². The zero-order valence-electron chi connectivity index (χ0n) is 55.4. The maximum atomic E-state index is 13.3. The van der Waals surface area contributed by atoms with E-state index in [2.05, 4.69) is 129 Å². The molecular formula is C75H127NO13. The Morgan fingerprint density at radius 3 is 1.18 bits per heavy atom. The molecule has 0 spiro atoms. The van der Waals surface area contributed by atoms with Crippen molar-refractivity contribution < 1.29 is 64.6 Å². The van der Waals surface area contributed by atoms with Crippen LogP contribution in [0.1, 0.15) is 251 Å². The lowest BCUT2D eigenvalue weighted by molar-refractivity contribution is -0.359. The zero-order chi connectivity index (χ0) is 64.5. The lowest BCUT2D eigenvalue weighted by atomic mass is 9.97. The van der Waals surface area contributed by atoms with E-state index in [1.165, 1.54) is 135 Å². The summed E-state index contributed by atoms with van der Waals surface area (Å²) in [5.41, 5.74) is 0. The zero-order valence-corrected chi connectivity index (χ0v) is 55.4. The molecule has 2 aliphatic rings. The van der Waals surface area contributed by atoms with Gasteiger partial charge in [-0.3, -0.25) is 4.79 Å². The van der Waals surface area contributed by atoms with Gasteiger partial charge >= 0.3 is 0 Å². The van der Waals surface area contributed by atoms with Crippen molar-refractivity contribution in [2.24, 2.45) is 0 Å². The number of allylic oxidation sites excluding steroid dienone is 19. The number of rotatable bonds is 56. The van der Waals surface area contributed by atoms with Gasteiger partial charge in [-0.1, -0.05) is 283 Å². The molecule has 510 valence electrons. The fourth-order valence-electron chi connectivity index (χ4n) is 10.8. The highest BCUT2D eigenvalue weighted by atomic mass is 16.7. The maximum Gasteiger partial charge on any atom is 0.220 e. The number of ether oxygens (including phenoxy) is 4. The summed E-state index contributed by atoms with van der Waals surface area (Å²) in [5, 5.41) is 87.4. The molecule has 0 aromatic carbocycles. The van der Waals surface area contributed by atoms with Gasteiger partial charge in [0.25, 0.3) is 0 Å². The number of amides is 1. The van der Waals surface area contributed by atoms with Gasteiger partial charge in [-0.15, -0.1) is 0 Å². The van der Waals surface area contributed by atoms with E-state index >= 15 is 0 Å². The molecule has 12 atom stereocenters. The van der Waals surface area contributed by atoms with Gasteiger partial charge in [0, 0.05) is 6.42 Å². The Labute approximate surface area is 539 Å². The van der Waals surface area contributed by atoms with Gasteiger partial charge in [0.2, 0.25) is 5.91 Å². The second-order valence-corrected chi connectivity index (χ2v) is 24.3. The molecule has 1 amide bonds. The normalized spacial score (nSPS) is 23.8. The van der Waals surface area contributed by atoms with Gasteiger partial charge in [0.15, 0.2) is 12.6 Å². The molecule has 0 radical (unpaired) electrons. The van der Waals surface area contributed by atoms with Crippen molar-refractivity contribution in [3.05, 3.63) is 122 Å². The van der Waals surface area contributed by atoms with Crippen molar-refractivity contribution >= 4 is 5.91 Å². The van der Waals surface area contributed by atoms with Crippen LogP contribution >= 0.6 is 0 Å². The van der Waals surface area contributed by atoms with Crippen LogP contribution in [0.25, 0.3) is 0 Å². The number of unbranched alkanes of at least 4 members (excludes halogenated alkanes) is 25. The van der Waals surface area contributed by atoms with Crippen molar-refractivity contribution in [1.82, 2.24) is 5.32 Å². The molecule has 0 aliphatic carbocycles. The Kier molecular flexibility index (Phi) is 53.3. The Hall–Kier alpha value is -3.61. The number of hydrogen-bond acceptors (Lipinski definition) is 13. The molecule has 0 aromatic heterocycles. The van der Waals surface area contributed by atoms with Crippen molar-refractivity contribution in [3.63, 3.8) is 0 Å². The molecular weight excluding hydrogens is 1120 g/mol. The monoisotopic (exact) mass is 1250 g/mol. The number of aliphatic hydroxyl groups is 8. The molecule has 0 aromatic rings. The average molecular weight is 1250 g/mol. The fraction of sp³-hybridized carbons (Fsp3) is 0.720. The van der Waals surface area contributed by atoms with E-state index in [4.69, 9.17) is 18.9 Å². The lowest BCUT2D eigenvalue weighted by Crippen LogP contribution is -2.65. The highest BCUT2D eigenvalue weighted by molar-refractivity contribution is 5.76. The minimum absolute atomic E-state index is 0.193. The van der Waals surface area contributed by atoms with E-state index in [-0.39, 0.29) is 18.9 Å². The van der Waals surface area contributed by atoms with E-state index in [0.29, 0.717) is 12.8 Å². The minimum atomic E-state index is -1.80. The molecule has 2 saturated heterocycles. The first-order valence-electron chi connectivity index (χ1n) is 35.3. The molecule has 89 heavy (non-hydrogen) atoms. The third-order valence-electron chi connectivity index (χ3n) is 16.4. The quantitative estimate of drug-likeness (QED) is 0.0204. The summed E-state index contributed by atoms with van der Waals surface area (Å²) >= 11 is 0.